The molecule has 8 aromatic rings. The van der Waals surface area contributed by atoms with E-state index in [2.05, 4.69) is 173 Å². The van der Waals surface area contributed by atoms with Crippen molar-refractivity contribution in [2.24, 2.45) is 0 Å². The number of aryl methyl sites for hydroxylation is 1. The Hall–Kier alpha value is -6.46. The topological polar surface area (TPSA) is 38.9 Å². The van der Waals surface area contributed by atoms with Crippen LogP contribution >= 0.6 is 0 Å². The van der Waals surface area contributed by atoms with Crippen molar-refractivity contribution in [1.29, 1.82) is 0 Å². The maximum absolute atomic E-state index is 5.23. The van der Waals surface area contributed by atoms with E-state index in [1.54, 1.807) is 0 Å². The number of rotatable bonds is 11. The number of aromatic nitrogens is 4. The van der Waals surface area contributed by atoms with E-state index in [4.69, 9.17) is 9.97 Å². The van der Waals surface area contributed by atoms with E-state index in [0.717, 1.165) is 39.8 Å². The molecule has 3 aliphatic carbocycles. The van der Waals surface area contributed by atoms with Gasteiger partial charge in [-0.3, -0.25) is 9.13 Å². The van der Waals surface area contributed by atoms with Crippen LogP contribution in [-0.4, -0.2) is 19.1 Å². The predicted molar refractivity (Wildman–Crippen MR) is 274 cm³/mol. The van der Waals surface area contributed by atoms with E-state index in [9.17, 15) is 0 Å². The first-order chi connectivity index (χ1) is 32.7. The first-order valence-electron chi connectivity index (χ1n) is 25.1. The Balaban J connectivity index is 1.01. The van der Waals surface area contributed by atoms with Gasteiger partial charge in [-0.05, 0) is 146 Å². The van der Waals surface area contributed by atoms with Gasteiger partial charge in [0.25, 0.3) is 0 Å². The van der Waals surface area contributed by atoms with Crippen molar-refractivity contribution in [1.82, 2.24) is 19.1 Å². The highest BCUT2D eigenvalue weighted by Crippen LogP contribution is 2.46. The first-order valence-corrected chi connectivity index (χ1v) is 25.1. The molecule has 3 saturated carbocycles. The maximum atomic E-state index is 5.23. The second-order valence-electron chi connectivity index (χ2n) is 19.4. The molecule has 0 bridgehead atoms. The van der Waals surface area contributed by atoms with Gasteiger partial charge in [0, 0.05) is 53.0 Å². The maximum Gasteiger partial charge on any atom is 0.144 e. The number of anilines is 3. The van der Waals surface area contributed by atoms with Crippen molar-refractivity contribution in [2.45, 2.75) is 121 Å². The zero-order chi connectivity index (χ0) is 44.2. The van der Waals surface area contributed by atoms with Crippen LogP contribution in [0.3, 0.4) is 0 Å². The summed E-state index contributed by atoms with van der Waals surface area (Å²) in [4.78, 5) is 12.7. The zero-order valence-electron chi connectivity index (χ0n) is 38.7. The standard InChI is InChI=1S/C61H63N5/c1-44-33-34-58(55(39-44)46-21-9-3-10-22-46)64-37-35-62-60(64)49-27-17-31-53(40-49)66(52-29-15-6-16-30-52)54-32-18-28-50(41-54)61-63-36-38-65(61)59-56(47-23-11-4-12-24-47)42-51(45-19-7-2-8-20-45)43-57(59)48-25-13-5-14-26-48/h2,6-8,15-20,27-43,46-48H,3-5,9-14,21-26H2,1H3. The smallest absolute Gasteiger partial charge is 0.144 e. The van der Waals surface area contributed by atoms with E-state index < -0.39 is 0 Å². The van der Waals surface area contributed by atoms with Crippen molar-refractivity contribution in [3.05, 3.63) is 187 Å². The van der Waals surface area contributed by atoms with Gasteiger partial charge in [-0.1, -0.05) is 148 Å². The van der Waals surface area contributed by atoms with Gasteiger partial charge in [0.1, 0.15) is 11.6 Å². The Morgan fingerprint density at radius 1 is 0.409 bits per heavy atom. The summed E-state index contributed by atoms with van der Waals surface area (Å²) in [6.45, 7) is 2.22. The van der Waals surface area contributed by atoms with Gasteiger partial charge < -0.3 is 4.90 Å². The monoisotopic (exact) mass is 866 g/mol. The molecule has 3 aliphatic rings. The molecule has 0 amide bonds. The molecule has 0 spiro atoms. The fraction of sp³-hybridized carbons (Fsp3) is 0.311. The third kappa shape index (κ3) is 8.57. The summed E-state index contributed by atoms with van der Waals surface area (Å²) in [6.07, 6.45) is 27.7. The lowest BCUT2D eigenvalue weighted by molar-refractivity contribution is 0.434. The molecule has 2 heterocycles. The molecule has 5 nitrogen and oxygen atoms in total. The van der Waals surface area contributed by atoms with E-state index in [0.29, 0.717) is 17.8 Å². The summed E-state index contributed by atoms with van der Waals surface area (Å²) in [5, 5.41) is 0. The van der Waals surface area contributed by atoms with E-state index in [1.165, 1.54) is 141 Å². The average molecular weight is 866 g/mol. The van der Waals surface area contributed by atoms with Crippen LogP contribution in [0, 0.1) is 6.92 Å². The van der Waals surface area contributed by atoms with Gasteiger partial charge in [-0.15, -0.1) is 0 Å². The van der Waals surface area contributed by atoms with E-state index in [-0.39, 0.29) is 0 Å². The van der Waals surface area contributed by atoms with Gasteiger partial charge in [0.05, 0.1) is 11.4 Å². The second kappa shape index (κ2) is 19.2. The molecule has 0 saturated heterocycles. The predicted octanol–water partition coefficient (Wildman–Crippen LogP) is 17.0. The van der Waals surface area contributed by atoms with Crippen molar-refractivity contribution in [2.75, 3.05) is 4.90 Å². The summed E-state index contributed by atoms with van der Waals surface area (Å²) in [7, 11) is 0. The van der Waals surface area contributed by atoms with Gasteiger partial charge in [0.2, 0.25) is 0 Å². The number of imidazole rings is 2. The zero-order valence-corrected chi connectivity index (χ0v) is 38.7. The molecule has 0 N–H and O–H groups in total. The summed E-state index contributed by atoms with van der Waals surface area (Å²) in [5.41, 5.74) is 16.6. The molecule has 0 unspecified atom stereocenters. The molecule has 2 aromatic heterocycles. The average Bonchev–Trinajstić information content (AvgIpc) is 4.09. The third-order valence-corrected chi connectivity index (χ3v) is 15.1. The summed E-state index contributed by atoms with van der Waals surface area (Å²) in [6, 6.07) is 52.0. The molecule has 0 atom stereocenters. The van der Waals surface area contributed by atoms with Crippen molar-refractivity contribution < 1.29 is 0 Å². The van der Waals surface area contributed by atoms with Crippen LogP contribution in [0.1, 0.15) is 136 Å². The quantitative estimate of drug-likeness (QED) is 0.130. The number of hydrogen-bond acceptors (Lipinski definition) is 3. The number of benzene rings is 6. The van der Waals surface area contributed by atoms with Gasteiger partial charge in [0.15, 0.2) is 0 Å². The Kier molecular flexibility index (Phi) is 12.3. The normalized spacial score (nSPS) is 16.4. The Bertz CT molecular complexity index is 2850. The lowest BCUT2D eigenvalue weighted by Crippen LogP contribution is -2.15. The number of nitrogens with zero attached hydrogens (tertiary/aromatic N) is 5. The second-order valence-corrected chi connectivity index (χ2v) is 19.4. The van der Waals surface area contributed by atoms with Crippen LogP contribution in [0.4, 0.5) is 17.1 Å². The summed E-state index contributed by atoms with van der Waals surface area (Å²) in [5.74, 6) is 3.60. The summed E-state index contributed by atoms with van der Waals surface area (Å²) >= 11 is 0. The lowest BCUT2D eigenvalue weighted by atomic mass is 9.77. The SMILES string of the molecule is Cc1ccc(-n2ccnc2-c2cccc(N(c3ccccc3)c3cccc(-c4nccn4-c4c(C5CCCCC5)cc(-c5ccccc5)cc4C4CCCCC4)c3)c2)c(C2CCCCC2)c1. The van der Waals surface area contributed by atoms with Crippen LogP contribution < -0.4 is 4.90 Å². The number of hydrogen-bond donors (Lipinski definition) is 0. The molecule has 0 radical (unpaired) electrons. The highest BCUT2D eigenvalue weighted by atomic mass is 15.1. The van der Waals surface area contributed by atoms with Crippen molar-refractivity contribution >= 4 is 17.1 Å². The molecule has 6 aromatic carbocycles. The molecule has 0 aliphatic heterocycles. The van der Waals surface area contributed by atoms with Gasteiger partial charge in [-0.25, -0.2) is 9.97 Å². The van der Waals surface area contributed by atoms with Crippen LogP contribution in [0.25, 0.3) is 45.3 Å². The largest absolute Gasteiger partial charge is 0.310 e. The molecule has 5 heteroatoms. The first kappa shape index (κ1) is 42.2. The van der Waals surface area contributed by atoms with Crippen molar-refractivity contribution in [3.63, 3.8) is 0 Å². The van der Waals surface area contributed by atoms with Crippen molar-refractivity contribution in [3.8, 4) is 45.3 Å². The van der Waals surface area contributed by atoms with E-state index >= 15 is 0 Å². The lowest BCUT2D eigenvalue weighted by Gasteiger charge is -2.31. The Labute approximate surface area is 392 Å². The third-order valence-electron chi connectivity index (χ3n) is 15.1. The van der Waals surface area contributed by atoms with Crippen LogP contribution in [-0.2, 0) is 0 Å². The fourth-order valence-corrected chi connectivity index (χ4v) is 11.8. The summed E-state index contributed by atoms with van der Waals surface area (Å²) < 4.78 is 4.80. The minimum Gasteiger partial charge on any atom is -0.310 e. The highest BCUT2D eigenvalue weighted by molar-refractivity contribution is 5.82. The molecular formula is C61H63N5. The molecule has 66 heavy (non-hydrogen) atoms. The van der Waals surface area contributed by atoms with Gasteiger partial charge >= 0.3 is 0 Å². The molecular weight excluding hydrogens is 803 g/mol. The molecule has 3 fully saturated rings. The Morgan fingerprint density at radius 3 is 1.44 bits per heavy atom. The number of para-hydroxylation sites is 1. The molecule has 11 rings (SSSR count). The van der Waals surface area contributed by atoms with Crippen LogP contribution in [0.2, 0.25) is 0 Å². The minimum absolute atomic E-state index is 0.530. The highest BCUT2D eigenvalue weighted by Gasteiger charge is 2.29. The van der Waals surface area contributed by atoms with Gasteiger partial charge in [-0.2, -0.15) is 0 Å². The fourth-order valence-electron chi connectivity index (χ4n) is 11.8. The van der Waals surface area contributed by atoms with Crippen LogP contribution in [0.5, 0.6) is 0 Å². The van der Waals surface area contributed by atoms with Crippen LogP contribution in [0.15, 0.2) is 164 Å². The Morgan fingerprint density at radius 2 is 0.879 bits per heavy atom. The molecule has 332 valence electrons. The van der Waals surface area contributed by atoms with E-state index in [1.807, 2.05) is 12.4 Å². The minimum atomic E-state index is 0.530.